The lowest BCUT2D eigenvalue weighted by atomic mass is 10.1. The normalized spacial score (nSPS) is 10.3. The number of aromatic nitrogens is 1. The molecule has 3 rings (SSSR count). The van der Waals surface area contributed by atoms with Crippen LogP contribution in [0.25, 0.3) is 0 Å². The van der Waals surface area contributed by atoms with E-state index in [1.807, 2.05) is 36.4 Å². The number of nitrogens with one attached hydrogen (secondary N) is 1. The number of rotatable bonds is 9. The molecule has 0 bridgehead atoms. The van der Waals surface area contributed by atoms with E-state index >= 15 is 0 Å². The SMILES string of the molecule is COc1cc(CNCCc2ccc(F)cc2)cc(Br)c1OCc1cccnc1.Cl. The van der Waals surface area contributed by atoms with E-state index in [-0.39, 0.29) is 18.2 Å². The van der Waals surface area contributed by atoms with Crippen LogP contribution in [0.15, 0.2) is 65.4 Å². The van der Waals surface area contributed by atoms with E-state index in [4.69, 9.17) is 9.47 Å². The summed E-state index contributed by atoms with van der Waals surface area (Å²) in [6, 6.07) is 14.4. The Hall–Kier alpha value is -2.15. The molecular formula is C22H23BrClFN2O2. The second-order valence-corrected chi connectivity index (χ2v) is 7.17. The molecule has 0 spiro atoms. The number of methoxy groups -OCH3 is 1. The molecule has 154 valence electrons. The van der Waals surface area contributed by atoms with E-state index in [1.54, 1.807) is 19.5 Å². The molecule has 29 heavy (non-hydrogen) atoms. The first kappa shape index (κ1) is 23.1. The summed E-state index contributed by atoms with van der Waals surface area (Å²) in [4.78, 5) is 4.09. The van der Waals surface area contributed by atoms with E-state index in [9.17, 15) is 4.39 Å². The lowest BCUT2D eigenvalue weighted by Crippen LogP contribution is -2.16. The van der Waals surface area contributed by atoms with E-state index < -0.39 is 0 Å². The fourth-order valence-corrected chi connectivity index (χ4v) is 3.37. The van der Waals surface area contributed by atoms with Crippen LogP contribution in [-0.4, -0.2) is 18.6 Å². The highest BCUT2D eigenvalue weighted by Crippen LogP contribution is 2.37. The maximum absolute atomic E-state index is 12.9. The first-order chi connectivity index (χ1) is 13.7. The zero-order chi connectivity index (χ0) is 19.8. The molecule has 0 amide bonds. The van der Waals surface area contributed by atoms with Gasteiger partial charge in [-0.1, -0.05) is 18.2 Å². The molecule has 1 aromatic heterocycles. The lowest BCUT2D eigenvalue weighted by molar-refractivity contribution is 0.282. The van der Waals surface area contributed by atoms with Crippen molar-refractivity contribution in [1.82, 2.24) is 10.3 Å². The van der Waals surface area contributed by atoms with Gasteiger partial charge >= 0.3 is 0 Å². The van der Waals surface area contributed by atoms with Gasteiger partial charge in [-0.2, -0.15) is 0 Å². The molecule has 0 aliphatic carbocycles. The minimum absolute atomic E-state index is 0. The number of hydrogen-bond acceptors (Lipinski definition) is 4. The summed E-state index contributed by atoms with van der Waals surface area (Å²) in [6.45, 7) is 1.90. The molecule has 0 unspecified atom stereocenters. The maximum Gasteiger partial charge on any atom is 0.175 e. The minimum atomic E-state index is -0.209. The van der Waals surface area contributed by atoms with Crippen molar-refractivity contribution in [3.05, 3.63) is 87.9 Å². The number of ether oxygens (including phenoxy) is 2. The number of nitrogens with zero attached hydrogens (tertiary/aromatic N) is 1. The highest BCUT2D eigenvalue weighted by atomic mass is 79.9. The molecule has 7 heteroatoms. The van der Waals surface area contributed by atoms with Gasteiger partial charge in [-0.15, -0.1) is 12.4 Å². The Kier molecular flexibility index (Phi) is 9.38. The molecule has 0 saturated carbocycles. The van der Waals surface area contributed by atoms with E-state index in [0.29, 0.717) is 24.7 Å². The Morgan fingerprint density at radius 2 is 1.86 bits per heavy atom. The van der Waals surface area contributed by atoms with Crippen molar-refractivity contribution < 1.29 is 13.9 Å². The van der Waals surface area contributed by atoms with Gasteiger partial charge < -0.3 is 14.8 Å². The first-order valence-electron chi connectivity index (χ1n) is 8.99. The minimum Gasteiger partial charge on any atom is -0.493 e. The molecule has 0 atom stereocenters. The molecule has 0 aliphatic rings. The van der Waals surface area contributed by atoms with Gasteiger partial charge in [0.25, 0.3) is 0 Å². The first-order valence-corrected chi connectivity index (χ1v) is 9.78. The van der Waals surface area contributed by atoms with Crippen LogP contribution in [0.4, 0.5) is 4.39 Å². The monoisotopic (exact) mass is 480 g/mol. The van der Waals surface area contributed by atoms with Gasteiger partial charge in [0.15, 0.2) is 11.5 Å². The van der Waals surface area contributed by atoms with Crippen LogP contribution < -0.4 is 14.8 Å². The Bertz CT molecular complexity index is 895. The van der Waals surface area contributed by atoms with E-state index in [2.05, 4.69) is 26.2 Å². The van der Waals surface area contributed by atoms with Gasteiger partial charge in [-0.05, 0) is 70.4 Å². The zero-order valence-electron chi connectivity index (χ0n) is 16.0. The molecule has 0 saturated heterocycles. The maximum atomic E-state index is 12.9. The quantitative estimate of drug-likeness (QED) is 0.420. The van der Waals surface area contributed by atoms with Crippen LogP contribution in [0, 0.1) is 5.82 Å². The molecule has 0 radical (unpaired) electrons. The Morgan fingerprint density at radius 3 is 2.55 bits per heavy atom. The second-order valence-electron chi connectivity index (χ2n) is 6.31. The van der Waals surface area contributed by atoms with Gasteiger partial charge in [0.2, 0.25) is 0 Å². The van der Waals surface area contributed by atoms with Crippen molar-refractivity contribution in [2.75, 3.05) is 13.7 Å². The number of hydrogen-bond donors (Lipinski definition) is 1. The summed E-state index contributed by atoms with van der Waals surface area (Å²) in [6.07, 6.45) is 4.35. The second kappa shape index (κ2) is 11.8. The molecule has 2 aromatic carbocycles. The largest absolute Gasteiger partial charge is 0.493 e. The lowest BCUT2D eigenvalue weighted by Gasteiger charge is -2.15. The summed E-state index contributed by atoms with van der Waals surface area (Å²) in [5, 5.41) is 3.40. The highest BCUT2D eigenvalue weighted by Gasteiger charge is 2.12. The van der Waals surface area contributed by atoms with Gasteiger partial charge in [0.1, 0.15) is 12.4 Å². The fraction of sp³-hybridized carbons (Fsp3) is 0.227. The summed E-state index contributed by atoms with van der Waals surface area (Å²) in [7, 11) is 1.63. The Balaban J connectivity index is 0.00000300. The van der Waals surface area contributed by atoms with Crippen LogP contribution in [0.2, 0.25) is 0 Å². The molecular weight excluding hydrogens is 459 g/mol. The molecule has 4 nitrogen and oxygen atoms in total. The average Bonchev–Trinajstić information content (AvgIpc) is 2.72. The highest BCUT2D eigenvalue weighted by molar-refractivity contribution is 9.10. The van der Waals surface area contributed by atoms with Crippen molar-refractivity contribution >= 4 is 28.3 Å². The van der Waals surface area contributed by atoms with Crippen molar-refractivity contribution in [2.45, 2.75) is 19.6 Å². The third-order valence-corrected chi connectivity index (χ3v) is 4.82. The predicted molar refractivity (Wildman–Crippen MR) is 118 cm³/mol. The number of pyridine rings is 1. The van der Waals surface area contributed by atoms with Gasteiger partial charge in [-0.25, -0.2) is 4.39 Å². The Morgan fingerprint density at radius 1 is 1.07 bits per heavy atom. The number of benzene rings is 2. The van der Waals surface area contributed by atoms with Gasteiger partial charge in [0, 0.05) is 24.5 Å². The smallest absolute Gasteiger partial charge is 0.175 e. The Labute approximate surface area is 185 Å². The van der Waals surface area contributed by atoms with E-state index in [0.717, 1.165) is 34.1 Å². The molecule has 0 aliphatic heterocycles. The zero-order valence-corrected chi connectivity index (χ0v) is 18.4. The summed E-state index contributed by atoms with van der Waals surface area (Å²) in [5.74, 6) is 1.13. The average molecular weight is 482 g/mol. The van der Waals surface area contributed by atoms with Gasteiger partial charge in [0.05, 0.1) is 11.6 Å². The van der Waals surface area contributed by atoms with Crippen LogP contribution in [0.5, 0.6) is 11.5 Å². The topological polar surface area (TPSA) is 43.4 Å². The fourth-order valence-electron chi connectivity index (χ4n) is 2.77. The van der Waals surface area contributed by atoms with Crippen molar-refractivity contribution in [1.29, 1.82) is 0 Å². The standard InChI is InChI=1S/C22H22BrFN2O2.ClH/c1-27-21-12-18(14-26-10-8-16-4-6-19(24)7-5-16)11-20(23)22(21)28-15-17-3-2-9-25-13-17;/h2-7,9,11-13,26H,8,10,14-15H2,1H3;1H. The third kappa shape index (κ3) is 6.99. The molecule has 1 heterocycles. The van der Waals surface area contributed by atoms with Crippen molar-refractivity contribution in [3.8, 4) is 11.5 Å². The van der Waals surface area contributed by atoms with Crippen LogP contribution >= 0.6 is 28.3 Å². The van der Waals surface area contributed by atoms with Crippen LogP contribution in [0.3, 0.4) is 0 Å². The van der Waals surface area contributed by atoms with Crippen LogP contribution in [0.1, 0.15) is 16.7 Å². The molecule has 3 aromatic rings. The third-order valence-electron chi connectivity index (χ3n) is 4.23. The van der Waals surface area contributed by atoms with E-state index in [1.165, 1.54) is 12.1 Å². The molecule has 0 fully saturated rings. The van der Waals surface area contributed by atoms with Crippen LogP contribution in [-0.2, 0) is 19.6 Å². The van der Waals surface area contributed by atoms with Crippen molar-refractivity contribution in [3.63, 3.8) is 0 Å². The summed E-state index contributed by atoms with van der Waals surface area (Å²) in [5.41, 5.74) is 3.17. The van der Waals surface area contributed by atoms with Crippen molar-refractivity contribution in [2.24, 2.45) is 0 Å². The predicted octanol–water partition coefficient (Wildman–Crippen LogP) is 5.32. The van der Waals surface area contributed by atoms with Gasteiger partial charge in [-0.3, -0.25) is 4.98 Å². The molecule has 1 N–H and O–H groups in total. The summed E-state index contributed by atoms with van der Waals surface area (Å²) >= 11 is 3.58. The number of halogens is 3. The summed E-state index contributed by atoms with van der Waals surface area (Å²) < 4.78 is 25.2.